The van der Waals surface area contributed by atoms with E-state index in [1.807, 2.05) is 0 Å². The van der Waals surface area contributed by atoms with Crippen LogP contribution in [0.1, 0.15) is 67.0 Å². The number of alkyl halides is 9. The summed E-state index contributed by atoms with van der Waals surface area (Å²) in [5, 5.41) is 13.1. The molecule has 1 saturated carbocycles. The van der Waals surface area contributed by atoms with Gasteiger partial charge < -0.3 is 9.64 Å². The van der Waals surface area contributed by atoms with Gasteiger partial charge in [0, 0.05) is 12.6 Å². The standard InChI is InChI=1S/C27H25F9N6O2/c1-13(2)44-24(43)42-20-6-5-16(25(28,29)30)10-19(20)22(11-21(42)15-3-4-15)41(23-37-39-40-38-23)12-14-7-17(26(31,32)33)9-18(8-14)27(34,35)36/h5-10,13,15,21-22H,3-4,11-12H2,1-2H3,(H,37,38,39,40)/t21-,22-/m1/s1. The lowest BCUT2D eigenvalue weighted by atomic mass is 9.86. The summed E-state index contributed by atoms with van der Waals surface area (Å²) in [6.07, 6.45) is -15.1. The number of hydrogen-bond acceptors (Lipinski definition) is 6. The molecule has 238 valence electrons. The summed E-state index contributed by atoms with van der Waals surface area (Å²) >= 11 is 0. The molecule has 1 aliphatic heterocycles. The lowest BCUT2D eigenvalue weighted by Gasteiger charge is -2.44. The number of nitrogens with zero attached hydrogens (tertiary/aromatic N) is 5. The second kappa shape index (κ2) is 11.1. The van der Waals surface area contributed by atoms with Crippen LogP contribution in [-0.2, 0) is 29.8 Å². The molecule has 1 aromatic heterocycles. The van der Waals surface area contributed by atoms with Crippen LogP contribution in [-0.4, -0.2) is 38.9 Å². The molecule has 2 heterocycles. The van der Waals surface area contributed by atoms with Gasteiger partial charge in [0.15, 0.2) is 0 Å². The van der Waals surface area contributed by atoms with Crippen LogP contribution < -0.4 is 9.80 Å². The highest BCUT2D eigenvalue weighted by atomic mass is 19.4. The van der Waals surface area contributed by atoms with E-state index in [0.717, 1.165) is 18.2 Å². The smallest absolute Gasteiger partial charge is 0.416 e. The monoisotopic (exact) mass is 636 g/mol. The van der Waals surface area contributed by atoms with E-state index in [4.69, 9.17) is 4.74 Å². The van der Waals surface area contributed by atoms with Crippen LogP contribution in [0.4, 0.5) is 55.9 Å². The first kappa shape index (κ1) is 31.4. The fourth-order valence-electron chi connectivity index (χ4n) is 5.44. The number of nitrogens with one attached hydrogen (secondary N) is 1. The Labute approximate surface area is 244 Å². The predicted molar refractivity (Wildman–Crippen MR) is 136 cm³/mol. The van der Waals surface area contributed by atoms with Gasteiger partial charge in [-0.3, -0.25) is 4.90 Å². The van der Waals surface area contributed by atoms with Gasteiger partial charge in [-0.1, -0.05) is 5.10 Å². The van der Waals surface area contributed by atoms with E-state index in [-0.39, 0.29) is 35.6 Å². The summed E-state index contributed by atoms with van der Waals surface area (Å²) in [6, 6.07) is 2.05. The minimum atomic E-state index is -5.12. The number of halogens is 9. The van der Waals surface area contributed by atoms with Gasteiger partial charge in [0.05, 0.1) is 34.5 Å². The Balaban J connectivity index is 1.67. The van der Waals surface area contributed by atoms with Crippen molar-refractivity contribution in [1.29, 1.82) is 0 Å². The second-order valence-electron chi connectivity index (χ2n) is 11.0. The first-order valence-corrected chi connectivity index (χ1v) is 13.4. The zero-order valence-electron chi connectivity index (χ0n) is 23.1. The summed E-state index contributed by atoms with van der Waals surface area (Å²) in [5.74, 6) is -0.287. The molecule has 1 aliphatic carbocycles. The molecule has 0 bridgehead atoms. The molecule has 2 aromatic carbocycles. The van der Waals surface area contributed by atoms with E-state index < -0.39 is 71.6 Å². The number of tetrazole rings is 1. The minimum Gasteiger partial charge on any atom is -0.446 e. The van der Waals surface area contributed by atoms with Crippen LogP contribution in [0.15, 0.2) is 36.4 Å². The minimum absolute atomic E-state index is 0.0172. The van der Waals surface area contributed by atoms with Crippen molar-refractivity contribution in [1.82, 2.24) is 20.6 Å². The van der Waals surface area contributed by atoms with Crippen molar-refractivity contribution in [3.05, 3.63) is 64.2 Å². The Bertz CT molecular complexity index is 1470. The summed E-state index contributed by atoms with van der Waals surface area (Å²) in [5.41, 5.74) is -4.62. The highest BCUT2D eigenvalue weighted by Gasteiger charge is 2.48. The number of hydrogen-bond donors (Lipinski definition) is 1. The van der Waals surface area contributed by atoms with Crippen LogP contribution in [0, 0.1) is 5.92 Å². The van der Waals surface area contributed by atoms with E-state index >= 15 is 0 Å². The number of carbonyl (C=O) groups is 1. The number of H-pyrrole nitrogens is 1. The van der Waals surface area contributed by atoms with E-state index in [1.165, 1.54) is 9.80 Å². The van der Waals surface area contributed by atoms with E-state index in [0.29, 0.717) is 25.0 Å². The van der Waals surface area contributed by atoms with E-state index in [1.54, 1.807) is 13.8 Å². The van der Waals surface area contributed by atoms with E-state index in [9.17, 15) is 44.3 Å². The fraction of sp³-hybridized carbons (Fsp3) is 0.481. The van der Waals surface area contributed by atoms with Gasteiger partial charge in [0.1, 0.15) is 0 Å². The number of aromatic amines is 1. The third kappa shape index (κ3) is 6.55. The van der Waals surface area contributed by atoms with Crippen molar-refractivity contribution in [2.24, 2.45) is 5.92 Å². The third-order valence-electron chi connectivity index (χ3n) is 7.45. The average Bonchev–Trinajstić information content (AvgIpc) is 3.62. The van der Waals surface area contributed by atoms with Crippen molar-refractivity contribution < 1.29 is 49.0 Å². The number of ether oxygens (including phenoxy) is 1. The maximum absolute atomic E-state index is 13.9. The number of anilines is 2. The number of fused-ring (bicyclic) bond motifs is 1. The summed E-state index contributed by atoms with van der Waals surface area (Å²) in [7, 11) is 0. The molecule has 5 rings (SSSR count). The van der Waals surface area contributed by atoms with Crippen molar-refractivity contribution in [3.63, 3.8) is 0 Å². The average molecular weight is 637 g/mol. The van der Waals surface area contributed by atoms with Crippen LogP contribution in [0.25, 0.3) is 0 Å². The Kier molecular flexibility index (Phi) is 7.95. The van der Waals surface area contributed by atoms with Crippen molar-refractivity contribution in [2.45, 2.75) is 76.4 Å². The van der Waals surface area contributed by atoms with Crippen LogP contribution in [0.5, 0.6) is 0 Å². The Morgan fingerprint density at radius 3 is 2.07 bits per heavy atom. The predicted octanol–water partition coefficient (Wildman–Crippen LogP) is 7.54. The molecule has 1 fully saturated rings. The van der Waals surface area contributed by atoms with Gasteiger partial charge in [0.25, 0.3) is 0 Å². The largest absolute Gasteiger partial charge is 0.446 e. The molecule has 1 amide bonds. The van der Waals surface area contributed by atoms with E-state index in [2.05, 4.69) is 20.6 Å². The molecule has 1 N–H and O–H groups in total. The Morgan fingerprint density at radius 1 is 0.955 bits per heavy atom. The molecular formula is C27H25F9N6O2. The zero-order chi connectivity index (χ0) is 32.2. The molecule has 0 radical (unpaired) electrons. The summed E-state index contributed by atoms with van der Waals surface area (Å²) in [4.78, 5) is 15.8. The van der Waals surface area contributed by atoms with Crippen molar-refractivity contribution >= 4 is 17.7 Å². The molecule has 2 aliphatic rings. The van der Waals surface area contributed by atoms with Gasteiger partial charge in [-0.05, 0) is 97.0 Å². The topological polar surface area (TPSA) is 87.2 Å². The molecule has 0 spiro atoms. The molecule has 0 saturated heterocycles. The number of rotatable bonds is 6. The third-order valence-corrected chi connectivity index (χ3v) is 7.45. The van der Waals surface area contributed by atoms with Crippen molar-refractivity contribution in [2.75, 3.05) is 9.80 Å². The number of carbonyl (C=O) groups excluding carboxylic acids is 1. The fourth-order valence-corrected chi connectivity index (χ4v) is 5.44. The Morgan fingerprint density at radius 2 is 1.57 bits per heavy atom. The molecule has 0 unspecified atom stereocenters. The second-order valence-corrected chi connectivity index (χ2v) is 11.0. The lowest BCUT2D eigenvalue weighted by Crippen LogP contribution is -2.49. The lowest BCUT2D eigenvalue weighted by molar-refractivity contribution is -0.143. The molecule has 8 nitrogen and oxygen atoms in total. The van der Waals surface area contributed by atoms with Gasteiger partial charge in [-0.25, -0.2) is 9.89 Å². The highest BCUT2D eigenvalue weighted by Crippen LogP contribution is 2.50. The normalized spacial score (nSPS) is 19.2. The summed E-state index contributed by atoms with van der Waals surface area (Å²) in [6.45, 7) is 2.55. The maximum atomic E-state index is 13.9. The van der Waals surface area contributed by atoms with Crippen LogP contribution in [0.2, 0.25) is 0 Å². The van der Waals surface area contributed by atoms with Gasteiger partial charge >= 0.3 is 24.6 Å². The number of aromatic nitrogens is 4. The van der Waals surface area contributed by atoms with Gasteiger partial charge in [-0.15, -0.1) is 0 Å². The first-order valence-electron chi connectivity index (χ1n) is 13.4. The number of benzene rings is 2. The molecule has 17 heteroatoms. The Hall–Kier alpha value is -4.05. The molecule has 3 aromatic rings. The number of amides is 1. The molecule has 2 atom stereocenters. The zero-order valence-corrected chi connectivity index (χ0v) is 23.1. The summed E-state index contributed by atoms with van der Waals surface area (Å²) < 4.78 is 129. The maximum Gasteiger partial charge on any atom is 0.416 e. The highest BCUT2D eigenvalue weighted by molar-refractivity contribution is 5.91. The molecular weight excluding hydrogens is 611 g/mol. The van der Waals surface area contributed by atoms with Gasteiger partial charge in [-0.2, -0.15) is 39.5 Å². The van der Waals surface area contributed by atoms with Crippen molar-refractivity contribution in [3.8, 4) is 0 Å². The van der Waals surface area contributed by atoms with Crippen LogP contribution >= 0.6 is 0 Å². The van der Waals surface area contributed by atoms with Gasteiger partial charge in [0.2, 0.25) is 5.95 Å². The van der Waals surface area contributed by atoms with Crippen LogP contribution in [0.3, 0.4) is 0 Å². The first-order chi connectivity index (χ1) is 20.4. The molecule has 44 heavy (non-hydrogen) atoms. The SMILES string of the molecule is CC(C)OC(=O)N1c2ccc(C(F)(F)F)cc2[C@H](N(Cc2cc(C(F)(F)F)cc(C(F)(F)F)c2)c2nnn[nH]2)C[C@@H]1C1CC1. The quantitative estimate of drug-likeness (QED) is 0.282.